The summed E-state index contributed by atoms with van der Waals surface area (Å²) in [5, 5.41) is 18.6. The zero-order valence-electron chi connectivity index (χ0n) is 17.4. The Labute approximate surface area is 181 Å². The largest absolute Gasteiger partial charge is 0.491 e. The molecule has 0 amide bonds. The first-order valence-corrected chi connectivity index (χ1v) is 9.14. The van der Waals surface area contributed by atoms with E-state index in [-0.39, 0.29) is 32.0 Å². The first kappa shape index (κ1) is 27.6. The van der Waals surface area contributed by atoms with Gasteiger partial charge in [0.05, 0.1) is 0 Å². The average molecular weight is 436 g/mol. The molecule has 0 spiro atoms. The molecule has 0 aliphatic heterocycles. The first-order chi connectivity index (χ1) is 14.7. The van der Waals surface area contributed by atoms with E-state index in [2.05, 4.69) is 33.9 Å². The molecule has 0 saturated carbocycles. The third-order valence-electron chi connectivity index (χ3n) is 3.11. The lowest BCUT2D eigenvalue weighted by Crippen LogP contribution is -2.25. The second-order valence-corrected chi connectivity index (χ2v) is 5.98. The number of ether oxygens (including phenoxy) is 4. The van der Waals surface area contributed by atoms with Gasteiger partial charge in [0.2, 0.25) is 0 Å². The topological polar surface area (TPSA) is 129 Å². The quantitative estimate of drug-likeness (QED) is 0.283. The molecule has 0 saturated heterocycles. The van der Waals surface area contributed by atoms with Crippen molar-refractivity contribution in [2.24, 2.45) is 0 Å². The normalized spacial score (nSPS) is 11.5. The Bertz CT molecular complexity index is 728. The molecule has 0 aliphatic carbocycles. The summed E-state index contributed by atoms with van der Waals surface area (Å²) in [5.41, 5.74) is 0.241. The summed E-state index contributed by atoms with van der Waals surface area (Å²) >= 11 is 0. The molecule has 1 aromatic rings. The van der Waals surface area contributed by atoms with Crippen LogP contribution in [0.15, 0.2) is 67.8 Å². The number of rotatable bonds is 12. The second kappa shape index (κ2) is 16.4. The molecular formula is C22H28O9. The molecule has 2 atom stereocenters. The maximum atomic E-state index is 10.9. The lowest BCUT2D eigenvalue weighted by molar-refractivity contribution is -0.147. The highest BCUT2D eigenvalue weighted by Crippen LogP contribution is 2.08. The lowest BCUT2D eigenvalue weighted by atomic mass is 10.3. The molecular weight excluding hydrogens is 408 g/mol. The smallest absolute Gasteiger partial charge is 0.333 e. The van der Waals surface area contributed by atoms with Crippen LogP contribution in [0.4, 0.5) is 0 Å². The third-order valence-corrected chi connectivity index (χ3v) is 3.11. The fraction of sp³-hybridized carbons (Fsp3) is 0.318. The molecule has 0 aromatic heterocycles. The van der Waals surface area contributed by atoms with Crippen LogP contribution in [0.3, 0.4) is 0 Å². The van der Waals surface area contributed by atoms with Crippen LogP contribution >= 0.6 is 0 Å². The van der Waals surface area contributed by atoms with Gasteiger partial charge < -0.3 is 29.2 Å². The molecule has 1 aromatic carbocycles. The van der Waals surface area contributed by atoms with Crippen molar-refractivity contribution in [2.45, 2.75) is 19.1 Å². The van der Waals surface area contributed by atoms with E-state index in [0.717, 1.165) is 12.2 Å². The van der Waals surface area contributed by atoms with Crippen molar-refractivity contribution in [3.05, 3.63) is 67.8 Å². The van der Waals surface area contributed by atoms with E-state index >= 15 is 0 Å². The van der Waals surface area contributed by atoms with Gasteiger partial charge in [0.1, 0.15) is 44.4 Å². The number of aliphatic hydroxyl groups is 2. The van der Waals surface area contributed by atoms with Crippen LogP contribution in [-0.4, -0.2) is 66.8 Å². The van der Waals surface area contributed by atoms with Crippen LogP contribution in [0.2, 0.25) is 0 Å². The van der Waals surface area contributed by atoms with Gasteiger partial charge in [-0.1, -0.05) is 37.9 Å². The fourth-order valence-electron chi connectivity index (χ4n) is 1.57. The molecule has 0 heterocycles. The van der Waals surface area contributed by atoms with E-state index in [9.17, 15) is 24.6 Å². The van der Waals surface area contributed by atoms with E-state index in [4.69, 9.17) is 4.74 Å². The van der Waals surface area contributed by atoms with Crippen molar-refractivity contribution in [1.29, 1.82) is 0 Å². The van der Waals surface area contributed by atoms with Gasteiger partial charge in [0.25, 0.3) is 0 Å². The number of carbonyl (C=O) groups excluding carboxylic acids is 3. The Hall–Kier alpha value is -3.43. The van der Waals surface area contributed by atoms with Gasteiger partial charge >= 0.3 is 17.9 Å². The van der Waals surface area contributed by atoms with Crippen molar-refractivity contribution in [3.63, 3.8) is 0 Å². The molecule has 0 bridgehead atoms. The molecule has 31 heavy (non-hydrogen) atoms. The van der Waals surface area contributed by atoms with Gasteiger partial charge in [-0.3, -0.25) is 0 Å². The lowest BCUT2D eigenvalue weighted by Gasteiger charge is -2.11. The molecule has 9 nitrogen and oxygen atoms in total. The zero-order valence-corrected chi connectivity index (χ0v) is 17.4. The molecule has 1 rings (SSSR count). The summed E-state index contributed by atoms with van der Waals surface area (Å²) in [6.07, 6.45) is 0.138. The number of para-hydroxylation sites is 1. The van der Waals surface area contributed by atoms with Crippen LogP contribution < -0.4 is 4.74 Å². The summed E-state index contributed by atoms with van der Waals surface area (Å²) in [6, 6.07) is 9.10. The van der Waals surface area contributed by atoms with Crippen molar-refractivity contribution in [2.75, 3.05) is 26.4 Å². The highest BCUT2D eigenvalue weighted by atomic mass is 16.6. The highest BCUT2D eigenvalue weighted by Gasteiger charge is 2.11. The van der Waals surface area contributed by atoms with Crippen LogP contribution in [0.1, 0.15) is 6.92 Å². The monoisotopic (exact) mass is 436 g/mol. The number of carbonyl (C=O) groups is 3. The van der Waals surface area contributed by atoms with Gasteiger partial charge in [-0.15, -0.1) is 0 Å². The van der Waals surface area contributed by atoms with E-state index < -0.39 is 30.1 Å². The minimum atomic E-state index is -1.04. The molecule has 0 aliphatic rings. The SMILES string of the molecule is C=CC(=O)OCC(O)COC(=O)C(=C)C.C=CC(=O)OCC(O)COc1ccccc1. The third kappa shape index (κ3) is 15.1. The van der Waals surface area contributed by atoms with Gasteiger partial charge in [-0.2, -0.15) is 0 Å². The number of hydrogen-bond donors (Lipinski definition) is 2. The average Bonchev–Trinajstić information content (AvgIpc) is 2.78. The minimum Gasteiger partial charge on any atom is -0.491 e. The second-order valence-electron chi connectivity index (χ2n) is 5.98. The van der Waals surface area contributed by atoms with Crippen LogP contribution in [0.5, 0.6) is 5.75 Å². The maximum Gasteiger partial charge on any atom is 0.333 e. The van der Waals surface area contributed by atoms with Crippen molar-refractivity contribution < 1.29 is 43.5 Å². The summed E-state index contributed by atoms with van der Waals surface area (Å²) in [6.45, 7) is 10.8. The summed E-state index contributed by atoms with van der Waals surface area (Å²) in [4.78, 5) is 32.2. The summed E-state index contributed by atoms with van der Waals surface area (Å²) < 4.78 is 19.1. The van der Waals surface area contributed by atoms with E-state index in [1.54, 1.807) is 12.1 Å². The van der Waals surface area contributed by atoms with Crippen molar-refractivity contribution >= 4 is 17.9 Å². The minimum absolute atomic E-state index is 0.0778. The Morgan fingerprint density at radius 2 is 1.32 bits per heavy atom. The molecule has 2 N–H and O–H groups in total. The predicted molar refractivity (Wildman–Crippen MR) is 112 cm³/mol. The maximum absolute atomic E-state index is 10.9. The van der Waals surface area contributed by atoms with Gasteiger partial charge in [-0.25, -0.2) is 14.4 Å². The van der Waals surface area contributed by atoms with Gasteiger partial charge in [0.15, 0.2) is 0 Å². The highest BCUT2D eigenvalue weighted by molar-refractivity contribution is 5.86. The first-order valence-electron chi connectivity index (χ1n) is 9.14. The standard InChI is InChI=1S/C12H14O4.C10H14O5/c1-2-12(14)16-9-10(13)8-15-11-6-4-3-5-7-11;1-4-9(12)14-5-8(11)6-15-10(13)7(2)3/h2-7,10,13H,1,8-9H2;4,8,11H,1-2,5-6H2,3H3. The van der Waals surface area contributed by atoms with E-state index in [1.807, 2.05) is 18.2 Å². The Kier molecular flexibility index (Phi) is 14.6. The summed E-state index contributed by atoms with van der Waals surface area (Å²) in [5.74, 6) is -1.13. The van der Waals surface area contributed by atoms with Crippen molar-refractivity contribution in [1.82, 2.24) is 0 Å². The zero-order chi connectivity index (χ0) is 23.6. The van der Waals surface area contributed by atoms with Gasteiger partial charge in [-0.05, 0) is 19.1 Å². The van der Waals surface area contributed by atoms with Crippen LogP contribution in [-0.2, 0) is 28.6 Å². The van der Waals surface area contributed by atoms with Crippen LogP contribution in [0.25, 0.3) is 0 Å². The fourth-order valence-corrected chi connectivity index (χ4v) is 1.57. The number of esters is 3. The summed E-state index contributed by atoms with van der Waals surface area (Å²) in [7, 11) is 0. The van der Waals surface area contributed by atoms with E-state index in [0.29, 0.717) is 5.75 Å². The van der Waals surface area contributed by atoms with E-state index in [1.165, 1.54) is 6.92 Å². The molecule has 170 valence electrons. The Morgan fingerprint density at radius 3 is 1.77 bits per heavy atom. The molecule has 2 unspecified atom stereocenters. The molecule has 0 fully saturated rings. The Balaban J connectivity index is 0.000000582. The molecule has 9 heteroatoms. The number of hydrogen-bond acceptors (Lipinski definition) is 9. The van der Waals surface area contributed by atoms with Crippen molar-refractivity contribution in [3.8, 4) is 5.75 Å². The predicted octanol–water partition coefficient (Wildman–Crippen LogP) is 1.35. The van der Waals surface area contributed by atoms with Gasteiger partial charge in [0, 0.05) is 17.7 Å². The van der Waals surface area contributed by atoms with Crippen LogP contribution in [0, 0.1) is 0 Å². The number of aliphatic hydroxyl groups excluding tert-OH is 2. The molecule has 0 radical (unpaired) electrons. The Morgan fingerprint density at radius 1 is 0.871 bits per heavy atom. The number of benzene rings is 1.